The number of hydrogen-bond donors (Lipinski definition) is 0. The summed E-state index contributed by atoms with van der Waals surface area (Å²) in [6, 6.07) is 28.7. The summed E-state index contributed by atoms with van der Waals surface area (Å²) in [5.74, 6) is 0. The van der Waals surface area contributed by atoms with Crippen LogP contribution in [0.25, 0.3) is 16.8 Å². The second-order valence-electron chi connectivity index (χ2n) is 7.46. The summed E-state index contributed by atoms with van der Waals surface area (Å²) < 4.78 is 5.76. The minimum atomic E-state index is 0.345. The van der Waals surface area contributed by atoms with Gasteiger partial charge in [-0.3, -0.25) is 9.69 Å². The number of hydrogen-bond acceptors (Lipinski definition) is 5. The first-order chi connectivity index (χ1) is 16.3. The van der Waals surface area contributed by atoms with Crippen LogP contribution >= 0.6 is 22.7 Å². The molecule has 3 nitrogen and oxygen atoms in total. The third kappa shape index (κ3) is 4.75. The van der Waals surface area contributed by atoms with Crippen molar-refractivity contribution in [1.29, 1.82) is 0 Å². The lowest BCUT2D eigenvalue weighted by molar-refractivity contribution is 0.112. The van der Waals surface area contributed by atoms with Gasteiger partial charge in [0.05, 0.1) is 6.26 Å². The molecule has 0 N–H and O–H groups in total. The fourth-order valence-electron chi connectivity index (χ4n) is 3.70. The van der Waals surface area contributed by atoms with Gasteiger partial charge in [-0.2, -0.15) is 0 Å². The number of carbonyl (C=O) groups is 1. The van der Waals surface area contributed by atoms with Crippen LogP contribution in [0.5, 0.6) is 0 Å². The lowest BCUT2D eigenvalue weighted by Crippen LogP contribution is -2.06. The van der Waals surface area contributed by atoms with Crippen LogP contribution in [0.2, 0.25) is 0 Å². The van der Waals surface area contributed by atoms with Crippen molar-refractivity contribution in [3.05, 3.63) is 119 Å². The third-order valence-corrected chi connectivity index (χ3v) is 7.04. The SMILES string of the molecule is O=Cc1cc2ccccc2cc1CO/C=C\c1ccc(N(c2cccs2)c2cccs2)cc1. The highest BCUT2D eigenvalue weighted by Gasteiger charge is 2.13. The normalized spacial score (nSPS) is 11.2. The lowest BCUT2D eigenvalue weighted by atomic mass is 10.0. The highest BCUT2D eigenvalue weighted by Crippen LogP contribution is 2.39. The predicted octanol–water partition coefficient (Wildman–Crippen LogP) is 8.43. The molecule has 0 radical (unpaired) electrons. The van der Waals surface area contributed by atoms with E-state index in [4.69, 9.17) is 4.74 Å². The maximum Gasteiger partial charge on any atom is 0.150 e. The summed E-state index contributed by atoms with van der Waals surface area (Å²) in [6.07, 6.45) is 4.52. The van der Waals surface area contributed by atoms with Gasteiger partial charge >= 0.3 is 0 Å². The van der Waals surface area contributed by atoms with E-state index in [2.05, 4.69) is 64.2 Å². The zero-order chi connectivity index (χ0) is 22.5. The van der Waals surface area contributed by atoms with Crippen molar-refractivity contribution >= 4 is 61.5 Å². The average molecular weight is 468 g/mol. The molecular weight excluding hydrogens is 446 g/mol. The van der Waals surface area contributed by atoms with Crippen molar-refractivity contribution in [2.45, 2.75) is 6.61 Å². The van der Waals surface area contributed by atoms with Gasteiger partial charge in [0, 0.05) is 16.8 Å². The number of fused-ring (bicyclic) bond motifs is 1. The minimum absolute atomic E-state index is 0.345. The molecule has 0 atom stereocenters. The van der Waals surface area contributed by atoms with Crippen molar-refractivity contribution in [1.82, 2.24) is 0 Å². The first-order valence-corrected chi connectivity index (χ1v) is 12.3. The molecular formula is C28H21NO2S2. The van der Waals surface area contributed by atoms with Gasteiger partial charge in [-0.25, -0.2) is 0 Å². The van der Waals surface area contributed by atoms with Gasteiger partial charge in [-0.1, -0.05) is 36.4 Å². The number of benzene rings is 3. The minimum Gasteiger partial charge on any atom is -0.496 e. The van der Waals surface area contributed by atoms with E-state index in [1.807, 2.05) is 42.5 Å². The standard InChI is InChI=1S/C28H21NO2S2/c30-19-24-17-22-5-1-2-6-23(22)18-25(24)20-31-14-13-21-9-11-26(12-10-21)29(27-7-3-15-32-27)28-8-4-16-33-28/h1-19H,20H2/b14-13-. The number of thiophene rings is 2. The predicted molar refractivity (Wildman–Crippen MR) is 140 cm³/mol. The molecule has 0 saturated heterocycles. The topological polar surface area (TPSA) is 29.5 Å². The molecule has 33 heavy (non-hydrogen) atoms. The molecule has 2 aromatic heterocycles. The van der Waals surface area contributed by atoms with Gasteiger partial charge in [0.2, 0.25) is 0 Å². The number of anilines is 3. The van der Waals surface area contributed by atoms with Crippen LogP contribution in [0.4, 0.5) is 15.7 Å². The smallest absolute Gasteiger partial charge is 0.150 e. The van der Waals surface area contributed by atoms with E-state index in [0.717, 1.165) is 33.9 Å². The van der Waals surface area contributed by atoms with Crippen molar-refractivity contribution in [3.8, 4) is 0 Å². The second kappa shape index (κ2) is 9.86. The molecule has 2 heterocycles. The van der Waals surface area contributed by atoms with Crippen molar-refractivity contribution in [2.75, 3.05) is 4.90 Å². The Kier molecular flexibility index (Phi) is 6.33. The first-order valence-electron chi connectivity index (χ1n) is 10.5. The molecule has 5 aromatic rings. The van der Waals surface area contributed by atoms with Gasteiger partial charge in [0.25, 0.3) is 0 Å². The third-order valence-electron chi connectivity index (χ3n) is 5.33. The number of nitrogens with zero attached hydrogens (tertiary/aromatic N) is 1. The van der Waals surface area contributed by atoms with E-state index in [9.17, 15) is 4.79 Å². The fraction of sp³-hybridized carbons (Fsp3) is 0.0357. The summed E-state index contributed by atoms with van der Waals surface area (Å²) in [4.78, 5) is 13.8. The van der Waals surface area contributed by atoms with Gasteiger partial charge < -0.3 is 4.74 Å². The Morgan fingerprint density at radius 1 is 0.788 bits per heavy atom. The summed E-state index contributed by atoms with van der Waals surface area (Å²) in [6.45, 7) is 0.345. The van der Waals surface area contributed by atoms with Gasteiger partial charge in [-0.05, 0) is 81.7 Å². The molecule has 0 bridgehead atoms. The van der Waals surface area contributed by atoms with E-state index >= 15 is 0 Å². The quantitative estimate of drug-likeness (QED) is 0.169. The van der Waals surface area contributed by atoms with Gasteiger partial charge in [-0.15, -0.1) is 22.7 Å². The van der Waals surface area contributed by atoms with E-state index in [1.165, 1.54) is 10.0 Å². The zero-order valence-electron chi connectivity index (χ0n) is 17.8. The van der Waals surface area contributed by atoms with Crippen LogP contribution in [0.1, 0.15) is 21.5 Å². The maximum atomic E-state index is 11.5. The molecule has 0 aliphatic carbocycles. The molecule has 5 heteroatoms. The average Bonchev–Trinajstić information content (AvgIpc) is 3.58. The Hall–Kier alpha value is -3.67. The van der Waals surface area contributed by atoms with E-state index in [1.54, 1.807) is 28.9 Å². The van der Waals surface area contributed by atoms with Crippen molar-refractivity contribution in [3.63, 3.8) is 0 Å². The Labute approximate surface area is 200 Å². The molecule has 5 rings (SSSR count). The van der Waals surface area contributed by atoms with E-state index in [0.29, 0.717) is 12.2 Å². The van der Waals surface area contributed by atoms with Crippen LogP contribution in [0.15, 0.2) is 102 Å². The monoisotopic (exact) mass is 467 g/mol. The zero-order valence-corrected chi connectivity index (χ0v) is 19.4. The number of ether oxygens (including phenoxy) is 1. The summed E-state index contributed by atoms with van der Waals surface area (Å²) >= 11 is 3.44. The van der Waals surface area contributed by atoms with Crippen molar-refractivity contribution in [2.24, 2.45) is 0 Å². The van der Waals surface area contributed by atoms with Crippen LogP contribution in [0, 0.1) is 0 Å². The second-order valence-corrected chi connectivity index (χ2v) is 9.31. The maximum absolute atomic E-state index is 11.5. The number of carbonyl (C=O) groups excluding carboxylic acids is 1. The molecule has 0 unspecified atom stereocenters. The highest BCUT2D eigenvalue weighted by molar-refractivity contribution is 7.16. The summed E-state index contributed by atoms with van der Waals surface area (Å²) in [5.41, 5.74) is 3.70. The summed E-state index contributed by atoms with van der Waals surface area (Å²) in [7, 11) is 0. The Morgan fingerprint density at radius 3 is 2.06 bits per heavy atom. The first kappa shape index (κ1) is 21.2. The van der Waals surface area contributed by atoms with Gasteiger partial charge in [0.15, 0.2) is 0 Å². The number of rotatable bonds is 8. The van der Waals surface area contributed by atoms with Crippen LogP contribution in [0.3, 0.4) is 0 Å². The molecule has 0 aliphatic heterocycles. The van der Waals surface area contributed by atoms with Gasteiger partial charge in [0.1, 0.15) is 22.9 Å². The molecule has 0 aliphatic rings. The molecule has 162 valence electrons. The molecule has 0 amide bonds. The fourth-order valence-corrected chi connectivity index (χ4v) is 5.28. The van der Waals surface area contributed by atoms with Crippen LogP contribution < -0.4 is 4.90 Å². The lowest BCUT2D eigenvalue weighted by Gasteiger charge is -2.21. The number of aldehydes is 1. The highest BCUT2D eigenvalue weighted by atomic mass is 32.1. The molecule has 0 fully saturated rings. The van der Waals surface area contributed by atoms with Crippen LogP contribution in [-0.4, -0.2) is 6.29 Å². The summed E-state index contributed by atoms with van der Waals surface area (Å²) in [5, 5.41) is 8.71. The Bertz CT molecular complexity index is 1340. The largest absolute Gasteiger partial charge is 0.496 e. The molecule has 0 spiro atoms. The Balaban J connectivity index is 1.28. The Morgan fingerprint density at radius 2 is 1.45 bits per heavy atom. The van der Waals surface area contributed by atoms with Crippen LogP contribution in [-0.2, 0) is 11.3 Å². The van der Waals surface area contributed by atoms with E-state index < -0.39 is 0 Å². The molecule has 3 aromatic carbocycles. The molecule has 0 saturated carbocycles. The van der Waals surface area contributed by atoms with E-state index in [-0.39, 0.29) is 0 Å². The van der Waals surface area contributed by atoms with Crippen molar-refractivity contribution < 1.29 is 9.53 Å².